The van der Waals surface area contributed by atoms with E-state index in [1.807, 2.05) is 0 Å². The third-order valence-corrected chi connectivity index (χ3v) is 3.10. The minimum atomic E-state index is -0.148. The Bertz CT molecular complexity index is 317. The predicted molar refractivity (Wildman–Crippen MR) is 61.6 cm³/mol. The van der Waals surface area contributed by atoms with Crippen molar-refractivity contribution in [3.63, 3.8) is 0 Å². The highest BCUT2D eigenvalue weighted by Crippen LogP contribution is 2.31. The number of hydrogen-bond donors (Lipinski definition) is 0. The predicted octanol–water partition coefficient (Wildman–Crippen LogP) is 3.39. The van der Waals surface area contributed by atoms with Gasteiger partial charge in [0.05, 0.1) is 7.11 Å². The van der Waals surface area contributed by atoms with Crippen molar-refractivity contribution in [2.24, 2.45) is 0 Å². The molecule has 0 aliphatic heterocycles. The lowest BCUT2D eigenvalue weighted by atomic mass is 9.86. The van der Waals surface area contributed by atoms with Crippen molar-refractivity contribution in [2.45, 2.75) is 46.5 Å². The summed E-state index contributed by atoms with van der Waals surface area (Å²) in [6.07, 6.45) is 4.17. The fourth-order valence-electron chi connectivity index (χ4n) is 1.97. The number of carbonyl (C=O) groups excluding carboxylic acids is 1. The monoisotopic (exact) mass is 208 g/mol. The smallest absolute Gasteiger partial charge is 0.334 e. The maximum absolute atomic E-state index is 11.6. The van der Waals surface area contributed by atoms with Crippen LogP contribution in [0.3, 0.4) is 0 Å². The molecule has 0 aromatic rings. The first-order chi connectivity index (χ1) is 7.07. The van der Waals surface area contributed by atoms with E-state index >= 15 is 0 Å². The second kappa shape index (κ2) is 5.15. The molecule has 0 unspecified atom stereocenters. The van der Waals surface area contributed by atoms with Crippen LogP contribution in [0.25, 0.3) is 0 Å². The van der Waals surface area contributed by atoms with Crippen LogP contribution >= 0.6 is 0 Å². The lowest BCUT2D eigenvalue weighted by Crippen LogP contribution is -2.12. The van der Waals surface area contributed by atoms with Gasteiger partial charge in [-0.1, -0.05) is 5.57 Å². The van der Waals surface area contributed by atoms with Crippen LogP contribution in [0.2, 0.25) is 0 Å². The van der Waals surface area contributed by atoms with Crippen molar-refractivity contribution in [1.82, 2.24) is 0 Å². The molecule has 84 valence electrons. The average molecular weight is 208 g/mol. The third-order valence-electron chi connectivity index (χ3n) is 3.10. The molecule has 0 saturated carbocycles. The number of hydrogen-bond acceptors (Lipinski definition) is 2. The molecule has 0 saturated heterocycles. The Hall–Kier alpha value is -1.05. The Kier molecular flexibility index (Phi) is 4.13. The first kappa shape index (κ1) is 12.0. The molecule has 15 heavy (non-hydrogen) atoms. The fraction of sp³-hybridized carbons (Fsp3) is 0.615. The van der Waals surface area contributed by atoms with E-state index in [1.54, 1.807) is 0 Å². The molecule has 2 heteroatoms. The van der Waals surface area contributed by atoms with Crippen molar-refractivity contribution < 1.29 is 9.53 Å². The topological polar surface area (TPSA) is 26.3 Å². The Balaban J connectivity index is 3.12. The molecule has 1 aliphatic carbocycles. The summed E-state index contributed by atoms with van der Waals surface area (Å²) in [5, 5.41) is 0. The van der Waals surface area contributed by atoms with Crippen LogP contribution in [0.5, 0.6) is 0 Å². The number of rotatable bonds is 2. The van der Waals surface area contributed by atoms with Gasteiger partial charge >= 0.3 is 5.97 Å². The Morgan fingerprint density at radius 3 is 2.07 bits per heavy atom. The maximum Gasteiger partial charge on any atom is 0.334 e. The highest BCUT2D eigenvalue weighted by Gasteiger charge is 2.20. The summed E-state index contributed by atoms with van der Waals surface area (Å²) < 4.78 is 4.83. The first-order valence-corrected chi connectivity index (χ1v) is 5.52. The second-order valence-corrected chi connectivity index (χ2v) is 4.28. The summed E-state index contributed by atoms with van der Waals surface area (Å²) in [5.74, 6) is -0.148. The van der Waals surface area contributed by atoms with Crippen molar-refractivity contribution >= 4 is 5.97 Å². The van der Waals surface area contributed by atoms with Crippen molar-refractivity contribution in [1.29, 1.82) is 0 Å². The Morgan fingerprint density at radius 1 is 1.07 bits per heavy atom. The van der Waals surface area contributed by atoms with Crippen LogP contribution in [-0.4, -0.2) is 13.1 Å². The van der Waals surface area contributed by atoms with Gasteiger partial charge in [0.2, 0.25) is 0 Å². The zero-order valence-corrected chi connectivity index (χ0v) is 10.1. The minimum absolute atomic E-state index is 0.148. The summed E-state index contributed by atoms with van der Waals surface area (Å²) in [4.78, 5) is 11.6. The Labute approximate surface area is 92.0 Å². The van der Waals surface area contributed by atoms with E-state index in [0.29, 0.717) is 0 Å². The molecular formula is C13H20O2. The van der Waals surface area contributed by atoms with Gasteiger partial charge in [0, 0.05) is 5.57 Å². The molecule has 1 rings (SSSR count). The van der Waals surface area contributed by atoms with E-state index in [2.05, 4.69) is 20.8 Å². The van der Waals surface area contributed by atoms with Gasteiger partial charge in [-0.05, 0) is 57.6 Å². The largest absolute Gasteiger partial charge is 0.466 e. The van der Waals surface area contributed by atoms with Crippen LogP contribution in [0.15, 0.2) is 22.3 Å². The molecule has 0 bridgehead atoms. The lowest BCUT2D eigenvalue weighted by molar-refractivity contribution is -0.136. The van der Waals surface area contributed by atoms with Crippen molar-refractivity contribution in [3.05, 3.63) is 22.3 Å². The van der Waals surface area contributed by atoms with Gasteiger partial charge in [0.25, 0.3) is 0 Å². The summed E-state index contributed by atoms with van der Waals surface area (Å²) in [7, 11) is 1.46. The molecule has 0 heterocycles. The fourth-order valence-corrected chi connectivity index (χ4v) is 1.97. The number of esters is 1. The molecule has 0 aromatic carbocycles. The summed E-state index contributed by atoms with van der Waals surface area (Å²) in [5.41, 5.74) is 4.65. The quantitative estimate of drug-likeness (QED) is 0.650. The zero-order chi connectivity index (χ0) is 11.4. The van der Waals surface area contributed by atoms with Gasteiger partial charge in [0.15, 0.2) is 0 Å². The summed E-state index contributed by atoms with van der Waals surface area (Å²) >= 11 is 0. The summed E-state index contributed by atoms with van der Waals surface area (Å²) in [6, 6.07) is 0. The van der Waals surface area contributed by atoms with Crippen LogP contribution in [0.1, 0.15) is 46.5 Å². The van der Waals surface area contributed by atoms with Gasteiger partial charge in [0.1, 0.15) is 0 Å². The molecule has 0 aromatic heterocycles. The molecule has 0 fully saturated rings. The van der Waals surface area contributed by atoms with Crippen LogP contribution < -0.4 is 0 Å². The summed E-state index contributed by atoms with van der Waals surface area (Å²) in [6.45, 7) is 6.27. The molecule has 0 N–H and O–H groups in total. The van der Waals surface area contributed by atoms with Crippen LogP contribution in [0.4, 0.5) is 0 Å². The molecule has 0 atom stereocenters. The maximum atomic E-state index is 11.6. The number of carbonyl (C=O) groups is 1. The molecule has 2 nitrogen and oxygen atoms in total. The first-order valence-electron chi connectivity index (χ1n) is 5.52. The molecule has 0 spiro atoms. The second-order valence-electron chi connectivity index (χ2n) is 4.28. The highest BCUT2D eigenvalue weighted by atomic mass is 16.5. The van der Waals surface area contributed by atoms with Gasteiger partial charge < -0.3 is 4.74 Å². The van der Waals surface area contributed by atoms with Crippen molar-refractivity contribution in [2.75, 3.05) is 7.11 Å². The molecular weight excluding hydrogens is 188 g/mol. The lowest BCUT2D eigenvalue weighted by Gasteiger charge is -2.20. The molecule has 1 aliphatic rings. The van der Waals surface area contributed by atoms with Gasteiger partial charge in [-0.25, -0.2) is 4.79 Å². The van der Waals surface area contributed by atoms with Gasteiger partial charge in [-0.2, -0.15) is 0 Å². The van der Waals surface area contributed by atoms with Crippen LogP contribution in [0, 0.1) is 0 Å². The SMILES string of the molecule is COC(=O)C1=C(C(C)=C(C)C)CCCC1. The van der Waals surface area contributed by atoms with Crippen LogP contribution in [-0.2, 0) is 9.53 Å². The normalized spacial score (nSPS) is 16.3. The molecule has 0 radical (unpaired) electrons. The Morgan fingerprint density at radius 2 is 1.60 bits per heavy atom. The zero-order valence-electron chi connectivity index (χ0n) is 10.1. The van der Waals surface area contributed by atoms with Gasteiger partial charge in [-0.3, -0.25) is 0 Å². The average Bonchev–Trinajstić information content (AvgIpc) is 2.27. The van der Waals surface area contributed by atoms with Gasteiger partial charge in [-0.15, -0.1) is 0 Å². The van der Waals surface area contributed by atoms with E-state index in [9.17, 15) is 4.79 Å². The van der Waals surface area contributed by atoms with E-state index in [1.165, 1.54) is 30.2 Å². The highest BCUT2D eigenvalue weighted by molar-refractivity contribution is 5.90. The van der Waals surface area contributed by atoms with E-state index < -0.39 is 0 Å². The van der Waals surface area contributed by atoms with E-state index in [-0.39, 0.29) is 5.97 Å². The third kappa shape index (κ3) is 2.71. The number of ether oxygens (including phenoxy) is 1. The van der Waals surface area contributed by atoms with E-state index in [0.717, 1.165) is 24.8 Å². The van der Waals surface area contributed by atoms with Crippen molar-refractivity contribution in [3.8, 4) is 0 Å². The number of methoxy groups -OCH3 is 1. The minimum Gasteiger partial charge on any atom is -0.466 e. The standard InChI is InChI=1S/C13H20O2/c1-9(2)10(3)11-7-5-6-8-12(11)13(14)15-4/h5-8H2,1-4H3. The molecule has 0 amide bonds. The van der Waals surface area contributed by atoms with E-state index in [4.69, 9.17) is 4.74 Å². The number of allylic oxidation sites excluding steroid dienone is 3.